The van der Waals surface area contributed by atoms with Crippen LogP contribution in [0.2, 0.25) is 0 Å². The van der Waals surface area contributed by atoms with E-state index in [0.717, 1.165) is 48.7 Å². The highest BCUT2D eigenvalue weighted by atomic mass is 35.5. The molecule has 0 aliphatic carbocycles. The molecule has 3 heteroatoms. The molecular formula is C14H25ClN2. The predicted octanol–water partition coefficient (Wildman–Crippen LogP) is 4.62. The van der Waals surface area contributed by atoms with Gasteiger partial charge in [0.1, 0.15) is 5.84 Å². The standard InChI is InChI=1S/C14H25ClN2/c1-5-8-11-17-14(16-10-7-3)13(9-6-2)12(4)15/h8,11H,5-7,9-10H2,1-4H3,(H,16,17)/b11-8+,13-12+. The molecule has 0 atom stereocenters. The summed E-state index contributed by atoms with van der Waals surface area (Å²) >= 11 is 6.14. The Morgan fingerprint density at radius 1 is 1.24 bits per heavy atom. The summed E-state index contributed by atoms with van der Waals surface area (Å²) in [7, 11) is 0. The van der Waals surface area contributed by atoms with Gasteiger partial charge in [-0.2, -0.15) is 0 Å². The van der Waals surface area contributed by atoms with Crippen molar-refractivity contribution in [1.29, 1.82) is 0 Å². The van der Waals surface area contributed by atoms with Crippen LogP contribution in [0.5, 0.6) is 0 Å². The molecule has 0 aliphatic heterocycles. The maximum Gasteiger partial charge on any atom is 0.130 e. The third-order valence-corrected chi connectivity index (χ3v) is 2.52. The normalized spacial score (nSPS) is 14.1. The minimum Gasteiger partial charge on any atom is -0.370 e. The molecule has 2 nitrogen and oxygen atoms in total. The lowest BCUT2D eigenvalue weighted by Crippen LogP contribution is -2.26. The van der Waals surface area contributed by atoms with Gasteiger partial charge in [-0.3, -0.25) is 0 Å². The van der Waals surface area contributed by atoms with Crippen molar-refractivity contribution in [2.24, 2.45) is 4.99 Å². The van der Waals surface area contributed by atoms with Crippen LogP contribution < -0.4 is 5.32 Å². The SMILES string of the molecule is CC/C=C/N=C(NCCC)\C(CCC)=C(/C)Cl. The maximum atomic E-state index is 6.14. The number of halogens is 1. The van der Waals surface area contributed by atoms with Crippen LogP contribution in [0.3, 0.4) is 0 Å². The molecule has 1 N–H and O–H groups in total. The number of hydrogen-bond donors (Lipinski definition) is 1. The maximum absolute atomic E-state index is 6.14. The molecule has 98 valence electrons. The highest BCUT2D eigenvalue weighted by Gasteiger charge is 2.07. The first kappa shape index (κ1) is 16.2. The van der Waals surface area contributed by atoms with Gasteiger partial charge in [0.2, 0.25) is 0 Å². The molecule has 0 aromatic carbocycles. The summed E-state index contributed by atoms with van der Waals surface area (Å²) in [5.74, 6) is 0.922. The van der Waals surface area contributed by atoms with Gasteiger partial charge in [0.15, 0.2) is 0 Å². The summed E-state index contributed by atoms with van der Waals surface area (Å²) in [5.41, 5.74) is 1.13. The van der Waals surface area contributed by atoms with Gasteiger partial charge >= 0.3 is 0 Å². The van der Waals surface area contributed by atoms with E-state index in [-0.39, 0.29) is 0 Å². The van der Waals surface area contributed by atoms with Gasteiger partial charge in [0, 0.05) is 23.4 Å². The molecule has 0 amide bonds. The molecule has 0 aromatic heterocycles. The fourth-order valence-electron chi connectivity index (χ4n) is 1.41. The van der Waals surface area contributed by atoms with E-state index in [1.54, 1.807) is 0 Å². The van der Waals surface area contributed by atoms with Gasteiger partial charge in [-0.1, -0.05) is 44.9 Å². The molecule has 0 fully saturated rings. The number of nitrogens with one attached hydrogen (secondary N) is 1. The molecule has 0 aliphatic rings. The van der Waals surface area contributed by atoms with Crippen molar-refractivity contribution in [3.8, 4) is 0 Å². The first-order chi connectivity index (χ1) is 8.17. The average molecular weight is 257 g/mol. The molecule has 0 spiro atoms. The van der Waals surface area contributed by atoms with E-state index in [0.29, 0.717) is 0 Å². The van der Waals surface area contributed by atoms with Gasteiger partial charge in [0.25, 0.3) is 0 Å². The first-order valence-electron chi connectivity index (χ1n) is 6.49. The van der Waals surface area contributed by atoms with Crippen molar-refractivity contribution in [1.82, 2.24) is 5.32 Å². The van der Waals surface area contributed by atoms with Crippen LogP contribution in [0.25, 0.3) is 0 Å². The molecule has 17 heavy (non-hydrogen) atoms. The quantitative estimate of drug-likeness (QED) is 0.522. The summed E-state index contributed by atoms with van der Waals surface area (Å²) < 4.78 is 0. The van der Waals surface area contributed by atoms with E-state index >= 15 is 0 Å². The van der Waals surface area contributed by atoms with Gasteiger partial charge in [-0.05, 0) is 26.2 Å². The summed E-state index contributed by atoms with van der Waals surface area (Å²) in [5, 5.41) is 4.18. The molecule has 0 saturated heterocycles. The second-order valence-electron chi connectivity index (χ2n) is 3.96. The first-order valence-corrected chi connectivity index (χ1v) is 6.87. The lowest BCUT2D eigenvalue weighted by molar-refractivity contribution is 0.826. The van der Waals surface area contributed by atoms with Gasteiger partial charge in [-0.15, -0.1) is 0 Å². The van der Waals surface area contributed by atoms with Gasteiger partial charge < -0.3 is 5.32 Å². The third kappa shape index (κ3) is 7.22. The van der Waals surface area contributed by atoms with Gasteiger partial charge in [-0.25, -0.2) is 4.99 Å². The van der Waals surface area contributed by atoms with Crippen LogP contribution in [-0.4, -0.2) is 12.4 Å². The summed E-state index contributed by atoms with van der Waals surface area (Å²) in [6, 6.07) is 0. The smallest absolute Gasteiger partial charge is 0.130 e. The molecule has 0 bridgehead atoms. The minimum absolute atomic E-state index is 0.833. The molecular weight excluding hydrogens is 232 g/mol. The second-order valence-corrected chi connectivity index (χ2v) is 4.53. The zero-order chi connectivity index (χ0) is 13.1. The van der Waals surface area contributed by atoms with Crippen LogP contribution in [0.1, 0.15) is 53.4 Å². The van der Waals surface area contributed by atoms with Crippen molar-refractivity contribution >= 4 is 17.4 Å². The van der Waals surface area contributed by atoms with E-state index in [9.17, 15) is 0 Å². The molecule has 0 aromatic rings. The Labute approximate surface area is 111 Å². The van der Waals surface area contributed by atoms with Crippen molar-refractivity contribution in [2.45, 2.75) is 53.4 Å². The van der Waals surface area contributed by atoms with E-state index in [1.807, 2.05) is 19.2 Å². The van der Waals surface area contributed by atoms with Crippen molar-refractivity contribution in [3.05, 3.63) is 22.9 Å². The summed E-state index contributed by atoms with van der Waals surface area (Å²) in [4.78, 5) is 4.47. The molecule has 0 saturated carbocycles. The number of allylic oxidation sites excluding steroid dienone is 2. The fraction of sp³-hybridized carbons (Fsp3) is 0.643. The minimum atomic E-state index is 0.833. The topological polar surface area (TPSA) is 24.4 Å². The van der Waals surface area contributed by atoms with E-state index in [1.165, 1.54) is 0 Å². The number of rotatable bonds is 7. The Bertz CT molecular complexity index is 287. The van der Waals surface area contributed by atoms with Crippen LogP contribution in [0, 0.1) is 0 Å². The lowest BCUT2D eigenvalue weighted by atomic mass is 10.1. The van der Waals surface area contributed by atoms with E-state index in [2.05, 4.69) is 31.1 Å². The fourth-order valence-corrected chi connectivity index (χ4v) is 1.59. The Morgan fingerprint density at radius 2 is 1.94 bits per heavy atom. The molecule has 0 unspecified atom stereocenters. The average Bonchev–Trinajstić information content (AvgIpc) is 2.31. The Kier molecular flexibility index (Phi) is 9.93. The Morgan fingerprint density at radius 3 is 2.41 bits per heavy atom. The van der Waals surface area contributed by atoms with Crippen molar-refractivity contribution in [3.63, 3.8) is 0 Å². The van der Waals surface area contributed by atoms with E-state index in [4.69, 9.17) is 11.6 Å². The molecule has 0 heterocycles. The van der Waals surface area contributed by atoms with Crippen LogP contribution in [0.4, 0.5) is 0 Å². The predicted molar refractivity (Wildman–Crippen MR) is 78.6 cm³/mol. The summed E-state index contributed by atoms with van der Waals surface area (Å²) in [6.45, 7) is 9.25. The summed E-state index contributed by atoms with van der Waals surface area (Å²) in [6.07, 6.45) is 8.01. The molecule has 0 rings (SSSR count). The highest BCUT2D eigenvalue weighted by molar-refractivity contribution is 6.31. The Hall–Kier alpha value is -0.760. The van der Waals surface area contributed by atoms with E-state index < -0.39 is 0 Å². The lowest BCUT2D eigenvalue weighted by Gasteiger charge is -2.12. The number of aliphatic imine (C=N–C) groups is 1. The van der Waals surface area contributed by atoms with Gasteiger partial charge in [0.05, 0.1) is 0 Å². The zero-order valence-corrected chi connectivity index (χ0v) is 12.3. The molecule has 0 radical (unpaired) electrons. The second kappa shape index (κ2) is 10.4. The largest absolute Gasteiger partial charge is 0.370 e. The van der Waals surface area contributed by atoms with Crippen LogP contribution in [0.15, 0.2) is 27.9 Å². The number of nitrogens with zero attached hydrogens (tertiary/aromatic N) is 1. The zero-order valence-electron chi connectivity index (χ0n) is 11.5. The van der Waals surface area contributed by atoms with Crippen molar-refractivity contribution < 1.29 is 0 Å². The number of amidine groups is 1. The monoisotopic (exact) mass is 256 g/mol. The van der Waals surface area contributed by atoms with Crippen LogP contribution in [-0.2, 0) is 0 Å². The third-order valence-electron chi connectivity index (χ3n) is 2.29. The van der Waals surface area contributed by atoms with Crippen LogP contribution >= 0.6 is 11.6 Å². The number of hydrogen-bond acceptors (Lipinski definition) is 1. The Balaban J connectivity index is 4.92. The highest BCUT2D eigenvalue weighted by Crippen LogP contribution is 2.15. The van der Waals surface area contributed by atoms with Crippen molar-refractivity contribution in [2.75, 3.05) is 6.54 Å².